The van der Waals surface area contributed by atoms with Crippen LogP contribution in [0.1, 0.15) is 84.1 Å². The number of ether oxygens (including phenoxy) is 3. The molecule has 3 aliphatic rings. The fraction of sp³-hybridized carbons (Fsp3) is 0.283. The van der Waals surface area contributed by atoms with Gasteiger partial charge in [-0.15, -0.1) is 0 Å². The van der Waals surface area contributed by atoms with Gasteiger partial charge in [0.25, 0.3) is 17.7 Å². The van der Waals surface area contributed by atoms with Crippen molar-refractivity contribution in [3.05, 3.63) is 199 Å². The minimum atomic E-state index is -0.176. The van der Waals surface area contributed by atoms with E-state index in [0.717, 1.165) is 79.4 Å². The summed E-state index contributed by atoms with van der Waals surface area (Å²) in [7, 11) is 0. The van der Waals surface area contributed by atoms with E-state index in [-0.39, 0.29) is 36.0 Å². The molecule has 0 radical (unpaired) electrons. The van der Waals surface area contributed by atoms with Gasteiger partial charge >= 0.3 is 0 Å². The van der Waals surface area contributed by atoms with E-state index in [4.69, 9.17) is 49.0 Å². The quantitative estimate of drug-likeness (QED) is 0.0692. The molecule has 0 saturated carbocycles. The third kappa shape index (κ3) is 16.2. The summed E-state index contributed by atoms with van der Waals surface area (Å²) in [5.41, 5.74) is 7.88. The Balaban J connectivity index is 0.000000153. The van der Waals surface area contributed by atoms with Gasteiger partial charge in [-0.3, -0.25) is 14.4 Å². The molecule has 3 saturated heterocycles. The largest absolute Gasteiger partial charge is 0.371 e. The maximum absolute atomic E-state index is 12.2. The van der Waals surface area contributed by atoms with Crippen molar-refractivity contribution in [1.29, 1.82) is 0 Å². The van der Waals surface area contributed by atoms with Crippen molar-refractivity contribution >= 4 is 58.2 Å². The van der Waals surface area contributed by atoms with Gasteiger partial charge in [0, 0.05) is 84.9 Å². The number of carbonyl (C=O) groups is 3. The Morgan fingerprint density at radius 3 is 1.61 bits per heavy atom. The van der Waals surface area contributed by atoms with E-state index in [1.54, 1.807) is 60.7 Å². The van der Waals surface area contributed by atoms with Crippen LogP contribution in [0.15, 0.2) is 140 Å². The molecule has 13 nitrogen and oxygen atoms in total. The Hall–Kier alpha value is -5.71. The molecule has 4 atom stereocenters. The predicted octanol–water partition coefficient (Wildman–Crippen LogP) is 8.90. The van der Waals surface area contributed by atoms with E-state index in [9.17, 15) is 14.4 Å². The average Bonchev–Trinajstić information content (AvgIpc) is 3.39. The molecule has 3 aliphatic heterocycles. The molecule has 0 unspecified atom stereocenters. The molecule has 9 rings (SSSR count). The summed E-state index contributed by atoms with van der Waals surface area (Å²) in [6.07, 6.45) is 1.74. The number of rotatable bonds is 11. The van der Waals surface area contributed by atoms with Crippen molar-refractivity contribution < 1.29 is 28.6 Å². The smallest absolute Gasteiger partial charge is 0.255 e. The third-order valence-corrected chi connectivity index (χ3v) is 12.1. The van der Waals surface area contributed by atoms with E-state index < -0.39 is 0 Å². The van der Waals surface area contributed by atoms with Crippen LogP contribution in [0.5, 0.6) is 0 Å². The number of aromatic nitrogens is 1. The Morgan fingerprint density at radius 1 is 0.580 bits per heavy atom. The van der Waals surface area contributed by atoms with Gasteiger partial charge in [-0.2, -0.15) is 0 Å². The van der Waals surface area contributed by atoms with Gasteiger partial charge in [-0.25, -0.2) is 4.98 Å². The number of anilines is 1. The number of nitrogens with zero attached hydrogens (tertiary/aromatic N) is 1. The van der Waals surface area contributed by atoms with Gasteiger partial charge in [0.1, 0.15) is 5.15 Å². The van der Waals surface area contributed by atoms with E-state index >= 15 is 0 Å². The molecule has 3 amide bonds. The molecular formula is C53H56Cl3N7O6. The molecule has 4 heterocycles. The first kappa shape index (κ1) is 51.1. The highest BCUT2D eigenvalue weighted by molar-refractivity contribution is 6.31. The summed E-state index contributed by atoms with van der Waals surface area (Å²) in [4.78, 5) is 40.2. The second-order valence-corrected chi connectivity index (χ2v) is 17.8. The van der Waals surface area contributed by atoms with Crippen LogP contribution in [0, 0.1) is 0 Å². The van der Waals surface area contributed by atoms with Gasteiger partial charge in [0.2, 0.25) is 0 Å². The van der Waals surface area contributed by atoms with Crippen LogP contribution in [0.3, 0.4) is 0 Å². The molecule has 0 aliphatic carbocycles. The first-order valence-electron chi connectivity index (χ1n) is 22.8. The first-order valence-corrected chi connectivity index (χ1v) is 24.0. The summed E-state index contributed by atoms with van der Waals surface area (Å²) in [5, 5.41) is 20.2. The second kappa shape index (κ2) is 26.3. The monoisotopic (exact) mass is 991 g/mol. The first-order chi connectivity index (χ1) is 33.6. The second-order valence-electron chi connectivity index (χ2n) is 16.6. The van der Waals surface area contributed by atoms with Crippen LogP contribution in [-0.4, -0.2) is 81.3 Å². The topological polar surface area (TPSA) is 164 Å². The highest BCUT2D eigenvalue weighted by atomic mass is 35.5. The Labute approximate surface area is 418 Å². The summed E-state index contributed by atoms with van der Waals surface area (Å²) in [5.74, 6) is -0.451. The number of halogens is 3. The minimum absolute atomic E-state index is 0.0591. The molecule has 3 fully saturated rings. The normalized spacial score (nSPS) is 18.8. The lowest BCUT2D eigenvalue weighted by Crippen LogP contribution is -2.40. The van der Waals surface area contributed by atoms with Crippen molar-refractivity contribution in [3.8, 4) is 0 Å². The fourth-order valence-corrected chi connectivity index (χ4v) is 7.88. The van der Waals surface area contributed by atoms with Crippen LogP contribution < -0.4 is 31.9 Å². The molecule has 0 bridgehead atoms. The van der Waals surface area contributed by atoms with Crippen molar-refractivity contribution in [2.75, 3.05) is 57.9 Å². The maximum atomic E-state index is 12.2. The van der Waals surface area contributed by atoms with Crippen molar-refractivity contribution in [2.45, 2.75) is 44.4 Å². The van der Waals surface area contributed by atoms with Crippen molar-refractivity contribution in [2.24, 2.45) is 0 Å². The fourth-order valence-electron chi connectivity index (χ4n) is 7.45. The molecule has 69 heavy (non-hydrogen) atoms. The SMILES string of the molecule is C[C@H]1CO[C@@H](c2ccc(NC(=O)c3cccc(Cl)c3)cc2)CN1.O=C(NCc1ccc([C@@H]2CNCCO2)cc1)c1ccc(Cl)cc1.O=C(NCc1ccc([C@@H]2CNCCO2)cc1)c1ccc(Cl)nc1. The van der Waals surface area contributed by atoms with Gasteiger partial charge in [0.05, 0.1) is 43.7 Å². The van der Waals surface area contributed by atoms with Gasteiger partial charge < -0.3 is 46.1 Å². The lowest BCUT2D eigenvalue weighted by Gasteiger charge is -2.28. The summed E-state index contributed by atoms with van der Waals surface area (Å²) >= 11 is 17.4. The number of hydrogen-bond acceptors (Lipinski definition) is 10. The van der Waals surface area contributed by atoms with Crippen LogP contribution in [-0.2, 0) is 27.3 Å². The Kier molecular flexibility index (Phi) is 19.5. The molecule has 6 aromatic rings. The highest BCUT2D eigenvalue weighted by Crippen LogP contribution is 2.24. The Morgan fingerprint density at radius 2 is 1.12 bits per heavy atom. The zero-order valence-corrected chi connectivity index (χ0v) is 40.5. The number of pyridine rings is 1. The van der Waals surface area contributed by atoms with E-state index in [2.05, 4.69) is 55.9 Å². The molecular weight excluding hydrogens is 937 g/mol. The van der Waals surface area contributed by atoms with Gasteiger partial charge in [-0.1, -0.05) is 102 Å². The van der Waals surface area contributed by atoms with E-state index in [1.165, 1.54) is 6.20 Å². The lowest BCUT2D eigenvalue weighted by atomic mass is 10.1. The van der Waals surface area contributed by atoms with E-state index in [0.29, 0.717) is 57.6 Å². The lowest BCUT2D eigenvalue weighted by molar-refractivity contribution is 0.00696. The molecule has 16 heteroatoms. The number of morpholine rings is 3. The number of benzene rings is 5. The minimum Gasteiger partial charge on any atom is -0.371 e. The maximum Gasteiger partial charge on any atom is 0.255 e. The van der Waals surface area contributed by atoms with Crippen molar-refractivity contribution in [1.82, 2.24) is 31.6 Å². The third-order valence-electron chi connectivity index (χ3n) is 11.4. The summed E-state index contributed by atoms with van der Waals surface area (Å²) in [6.45, 7) is 9.52. The highest BCUT2D eigenvalue weighted by Gasteiger charge is 2.20. The zero-order chi connectivity index (χ0) is 48.4. The predicted molar refractivity (Wildman–Crippen MR) is 271 cm³/mol. The molecule has 5 aromatic carbocycles. The standard InChI is InChI=1S/2C18H19ClN2O2.C17H18ClN3O2/c1-12-11-23-17(10-20-12)13-5-7-16(8-6-13)21-18(22)14-3-2-4-15(19)9-14;19-16-7-5-15(6-8-16)18(22)21-11-13-1-3-14(4-2-13)17-12-20-9-10-23-17;18-16-6-5-14(10-20-16)17(22)21-9-12-1-3-13(4-2-12)15-11-19-7-8-23-15/h2-9,12,17,20H,10-11H2,1H3,(H,21,22);1-8,17,20H,9-12H2,(H,21,22);1-6,10,15,19H,7-9,11H2,(H,21,22)/t12-,17+;17-;15-/m000/s1. The summed E-state index contributed by atoms with van der Waals surface area (Å²) in [6, 6.07) is 41.4. The summed E-state index contributed by atoms with van der Waals surface area (Å²) < 4.78 is 17.3. The van der Waals surface area contributed by atoms with Crippen LogP contribution in [0.4, 0.5) is 5.69 Å². The van der Waals surface area contributed by atoms with Crippen LogP contribution in [0.2, 0.25) is 15.2 Å². The Bertz CT molecular complexity index is 2430. The van der Waals surface area contributed by atoms with Gasteiger partial charge in [-0.05, 0) is 101 Å². The average molecular weight is 993 g/mol. The van der Waals surface area contributed by atoms with E-state index in [1.807, 2.05) is 60.7 Å². The molecule has 360 valence electrons. The molecule has 1 aromatic heterocycles. The molecule has 6 N–H and O–H groups in total. The number of hydrogen-bond donors (Lipinski definition) is 6. The van der Waals surface area contributed by atoms with Gasteiger partial charge in [0.15, 0.2) is 0 Å². The molecule has 0 spiro atoms. The zero-order valence-electron chi connectivity index (χ0n) is 38.2. The number of amides is 3. The van der Waals surface area contributed by atoms with Crippen molar-refractivity contribution in [3.63, 3.8) is 0 Å². The number of nitrogens with one attached hydrogen (secondary N) is 6. The van der Waals surface area contributed by atoms with Crippen LogP contribution >= 0.6 is 34.8 Å². The number of carbonyl (C=O) groups excluding carboxylic acids is 3. The van der Waals surface area contributed by atoms with Crippen LogP contribution in [0.25, 0.3) is 0 Å².